The van der Waals surface area contributed by atoms with E-state index in [0.29, 0.717) is 0 Å². The molecule has 0 aromatic rings. The van der Waals surface area contributed by atoms with Gasteiger partial charge in [0, 0.05) is 0 Å². The highest BCUT2D eigenvalue weighted by Gasteiger charge is 2.34. The van der Waals surface area contributed by atoms with Crippen LogP contribution in [0.5, 0.6) is 0 Å². The highest BCUT2D eigenvalue weighted by molar-refractivity contribution is 7.55. The van der Waals surface area contributed by atoms with Crippen molar-refractivity contribution in [2.24, 2.45) is 0 Å². The molecule has 0 aromatic heterocycles. The maximum Gasteiger partial charge on any atom is 0.345 e. The molecule has 0 rings (SSSR count). The maximum absolute atomic E-state index is 10.2. The molecule has 50 valence electrons. The van der Waals surface area contributed by atoms with Gasteiger partial charge >= 0.3 is 7.60 Å². The smallest absolute Gasteiger partial charge is 0.323 e. The van der Waals surface area contributed by atoms with Gasteiger partial charge in [-0.05, 0) is 13.8 Å². The van der Waals surface area contributed by atoms with Crippen LogP contribution in [-0.2, 0) is 4.57 Å². The molecule has 0 amide bonds. The third kappa shape index (κ3) is 2.14. The van der Waals surface area contributed by atoms with Crippen molar-refractivity contribution in [2.45, 2.75) is 18.5 Å². The van der Waals surface area contributed by atoms with Gasteiger partial charge in [0.2, 0.25) is 0 Å². The molecule has 0 saturated carbocycles. The summed E-state index contributed by atoms with van der Waals surface area (Å²) >= 11 is 5.25. The summed E-state index contributed by atoms with van der Waals surface area (Å²) in [6.07, 6.45) is 0. The first-order valence-corrected chi connectivity index (χ1v) is 3.99. The fourth-order valence-corrected chi connectivity index (χ4v) is 0. The van der Waals surface area contributed by atoms with Gasteiger partial charge < -0.3 is 9.79 Å². The molecule has 0 fully saturated rings. The number of halogens is 1. The van der Waals surface area contributed by atoms with Crippen LogP contribution in [0.25, 0.3) is 0 Å². The van der Waals surface area contributed by atoms with Gasteiger partial charge in [-0.15, -0.1) is 11.6 Å². The highest BCUT2D eigenvalue weighted by Crippen LogP contribution is 2.52. The van der Waals surface area contributed by atoms with Crippen LogP contribution in [0.15, 0.2) is 0 Å². The largest absolute Gasteiger partial charge is 0.345 e. The zero-order chi connectivity index (χ0) is 7.00. The van der Waals surface area contributed by atoms with Crippen LogP contribution >= 0.6 is 19.2 Å². The lowest BCUT2D eigenvalue weighted by Gasteiger charge is -2.16. The van der Waals surface area contributed by atoms with Crippen molar-refractivity contribution in [2.75, 3.05) is 0 Å². The summed E-state index contributed by atoms with van der Waals surface area (Å²) in [6.45, 7) is 2.55. The molecular formula is C3H8ClO3P. The Morgan fingerprint density at radius 3 is 1.62 bits per heavy atom. The topological polar surface area (TPSA) is 57.5 Å². The first kappa shape index (κ1) is 8.44. The Kier molecular flexibility index (Phi) is 2.10. The summed E-state index contributed by atoms with van der Waals surface area (Å²) in [4.78, 5) is 16.7. The summed E-state index contributed by atoms with van der Waals surface area (Å²) in [5.41, 5.74) is 0. The molecule has 0 bridgehead atoms. The molecule has 0 aliphatic carbocycles. The SMILES string of the molecule is CC(C)(Cl)P(=O)(O)O. The molecular weight excluding hydrogens is 150 g/mol. The minimum atomic E-state index is -4.08. The summed E-state index contributed by atoms with van der Waals surface area (Å²) < 4.78 is 8.79. The van der Waals surface area contributed by atoms with Gasteiger partial charge in [0.05, 0.1) is 0 Å². The van der Waals surface area contributed by atoms with E-state index >= 15 is 0 Å². The van der Waals surface area contributed by atoms with Crippen molar-refractivity contribution < 1.29 is 14.4 Å². The van der Waals surface area contributed by atoms with E-state index in [2.05, 4.69) is 0 Å². The monoisotopic (exact) mass is 158 g/mol. The van der Waals surface area contributed by atoms with Crippen LogP contribution in [0.1, 0.15) is 13.8 Å². The van der Waals surface area contributed by atoms with Crippen molar-refractivity contribution >= 4 is 19.2 Å². The number of hydrogen-bond donors (Lipinski definition) is 2. The van der Waals surface area contributed by atoms with Gasteiger partial charge in [0.25, 0.3) is 0 Å². The van der Waals surface area contributed by atoms with E-state index in [1.807, 2.05) is 0 Å². The minimum absolute atomic E-state index is 1.27. The zero-order valence-electron chi connectivity index (χ0n) is 4.63. The van der Waals surface area contributed by atoms with Gasteiger partial charge in [-0.3, -0.25) is 4.57 Å². The molecule has 2 N–H and O–H groups in total. The van der Waals surface area contributed by atoms with E-state index in [4.69, 9.17) is 21.4 Å². The molecule has 3 nitrogen and oxygen atoms in total. The molecule has 5 heteroatoms. The molecule has 0 aliphatic heterocycles. The van der Waals surface area contributed by atoms with Crippen LogP contribution in [0.3, 0.4) is 0 Å². The van der Waals surface area contributed by atoms with Crippen molar-refractivity contribution in [1.29, 1.82) is 0 Å². The third-order valence-corrected chi connectivity index (χ3v) is 2.74. The maximum atomic E-state index is 10.2. The highest BCUT2D eigenvalue weighted by atomic mass is 35.5. The average molecular weight is 159 g/mol. The lowest BCUT2D eigenvalue weighted by Crippen LogP contribution is -2.09. The number of hydrogen-bond acceptors (Lipinski definition) is 1. The van der Waals surface area contributed by atoms with Gasteiger partial charge in [0.15, 0.2) is 0 Å². The molecule has 0 unspecified atom stereocenters. The zero-order valence-corrected chi connectivity index (χ0v) is 6.28. The summed E-state index contributed by atoms with van der Waals surface area (Å²) in [6, 6.07) is 0. The van der Waals surface area contributed by atoms with Crippen molar-refractivity contribution in [3.8, 4) is 0 Å². The standard InChI is InChI=1S/C3H8ClO3P/c1-3(2,4)8(5,6)7/h1-2H3,(H2,5,6,7). The molecule has 0 aliphatic rings. The molecule has 0 heterocycles. The normalized spacial score (nSPS) is 14.1. The van der Waals surface area contributed by atoms with E-state index in [0.717, 1.165) is 0 Å². The Bertz CT molecular complexity index is 121. The summed E-state index contributed by atoms with van der Waals surface area (Å²) in [7, 11) is -4.08. The summed E-state index contributed by atoms with van der Waals surface area (Å²) in [5.74, 6) is 0. The lowest BCUT2D eigenvalue weighted by atomic mass is 10.6. The van der Waals surface area contributed by atoms with Gasteiger partial charge in [0.1, 0.15) is 4.62 Å². The minimum Gasteiger partial charge on any atom is -0.323 e. The predicted octanol–water partition coefficient (Wildman–Crippen LogP) is 1.14. The Morgan fingerprint density at radius 1 is 1.50 bits per heavy atom. The first-order chi connectivity index (χ1) is 3.25. The molecule has 0 aromatic carbocycles. The van der Waals surface area contributed by atoms with Crippen molar-refractivity contribution in [3.63, 3.8) is 0 Å². The second-order valence-electron chi connectivity index (χ2n) is 1.95. The van der Waals surface area contributed by atoms with Gasteiger partial charge in [-0.25, -0.2) is 0 Å². The predicted molar refractivity (Wildman–Crippen MR) is 32.0 cm³/mol. The first-order valence-electron chi connectivity index (χ1n) is 2.00. The molecule has 0 spiro atoms. The number of rotatable bonds is 1. The molecule has 8 heavy (non-hydrogen) atoms. The van der Waals surface area contributed by atoms with E-state index in [1.165, 1.54) is 13.8 Å². The quantitative estimate of drug-likeness (QED) is 0.444. The Morgan fingerprint density at radius 2 is 1.62 bits per heavy atom. The van der Waals surface area contributed by atoms with E-state index in [9.17, 15) is 4.57 Å². The molecule has 0 radical (unpaired) electrons. The van der Waals surface area contributed by atoms with Crippen LogP contribution in [-0.4, -0.2) is 14.4 Å². The van der Waals surface area contributed by atoms with E-state index < -0.39 is 12.2 Å². The summed E-state index contributed by atoms with van der Waals surface area (Å²) in [5, 5.41) is 0. The Hall–Kier alpha value is 0.440. The molecule has 0 atom stereocenters. The van der Waals surface area contributed by atoms with Crippen molar-refractivity contribution in [1.82, 2.24) is 0 Å². The van der Waals surface area contributed by atoms with Crippen LogP contribution in [0.4, 0.5) is 0 Å². The van der Waals surface area contributed by atoms with Crippen LogP contribution < -0.4 is 0 Å². The van der Waals surface area contributed by atoms with E-state index in [1.54, 1.807) is 0 Å². The van der Waals surface area contributed by atoms with E-state index in [-0.39, 0.29) is 0 Å². The lowest BCUT2D eigenvalue weighted by molar-refractivity contribution is 0.357. The molecule has 0 saturated heterocycles. The van der Waals surface area contributed by atoms with Crippen LogP contribution in [0.2, 0.25) is 0 Å². The second-order valence-corrected chi connectivity index (χ2v) is 5.37. The van der Waals surface area contributed by atoms with Gasteiger partial charge in [-0.1, -0.05) is 0 Å². The van der Waals surface area contributed by atoms with Gasteiger partial charge in [-0.2, -0.15) is 0 Å². The third-order valence-electron chi connectivity index (χ3n) is 0.693. The number of alkyl halides is 1. The van der Waals surface area contributed by atoms with Crippen LogP contribution in [0, 0.1) is 0 Å². The fraction of sp³-hybridized carbons (Fsp3) is 1.00. The Balaban J connectivity index is 4.26. The Labute approximate surface area is 52.8 Å². The average Bonchev–Trinajstić information content (AvgIpc) is 1.25. The van der Waals surface area contributed by atoms with Crippen molar-refractivity contribution in [3.05, 3.63) is 0 Å². The second kappa shape index (κ2) is 1.99. The fourth-order valence-electron chi connectivity index (χ4n) is 0.